The average molecular weight is 391 g/mol. The summed E-state index contributed by atoms with van der Waals surface area (Å²) >= 11 is 0. The largest absolute Gasteiger partial charge is 0.340 e. The summed E-state index contributed by atoms with van der Waals surface area (Å²) in [6, 6.07) is 4.50. The molecule has 3 N–H and O–H groups in total. The van der Waals surface area contributed by atoms with E-state index < -0.39 is 23.8 Å². The molecule has 5 amide bonds. The molecule has 2 heterocycles. The van der Waals surface area contributed by atoms with Crippen LogP contribution in [0.1, 0.15) is 12.8 Å². The van der Waals surface area contributed by atoms with Crippen LogP contribution in [0.2, 0.25) is 0 Å². The van der Waals surface area contributed by atoms with Crippen LogP contribution in [-0.4, -0.2) is 72.3 Å². The third kappa shape index (κ3) is 5.26. The molecular weight excluding hydrogens is 369 g/mol. The molecule has 0 aliphatic carbocycles. The third-order valence-corrected chi connectivity index (χ3v) is 4.71. The van der Waals surface area contributed by atoms with E-state index in [0.29, 0.717) is 31.9 Å². The molecule has 2 fully saturated rings. The molecule has 9 nitrogen and oxygen atoms in total. The second-order valence-corrected chi connectivity index (χ2v) is 6.77. The molecule has 1 aromatic rings. The van der Waals surface area contributed by atoms with Crippen molar-refractivity contribution in [1.29, 1.82) is 0 Å². The lowest BCUT2D eigenvalue weighted by Crippen LogP contribution is -2.50. The van der Waals surface area contributed by atoms with E-state index in [2.05, 4.69) is 16.0 Å². The molecule has 10 heteroatoms. The number of carbonyl (C=O) groups is 4. The predicted molar refractivity (Wildman–Crippen MR) is 97.7 cm³/mol. The maximum atomic E-state index is 13.2. The molecule has 1 atom stereocenters. The van der Waals surface area contributed by atoms with Gasteiger partial charge < -0.3 is 15.5 Å². The minimum atomic E-state index is -0.663. The Bertz CT molecular complexity index is 779. The summed E-state index contributed by atoms with van der Waals surface area (Å²) in [5.41, 5.74) is 0.404. The average Bonchev–Trinajstić information content (AvgIpc) is 2.97. The van der Waals surface area contributed by atoms with Crippen LogP contribution in [0, 0.1) is 5.82 Å². The van der Waals surface area contributed by atoms with Gasteiger partial charge in [0, 0.05) is 38.3 Å². The summed E-state index contributed by atoms with van der Waals surface area (Å²) in [4.78, 5) is 50.5. The van der Waals surface area contributed by atoms with Crippen LogP contribution in [0.4, 0.5) is 14.9 Å². The topological polar surface area (TPSA) is 111 Å². The van der Waals surface area contributed by atoms with Crippen molar-refractivity contribution < 1.29 is 23.6 Å². The minimum absolute atomic E-state index is 0.0854. The Balaban J connectivity index is 1.38. The number of amides is 5. The molecule has 0 aromatic heterocycles. The van der Waals surface area contributed by atoms with Gasteiger partial charge in [-0.15, -0.1) is 0 Å². The second-order valence-electron chi connectivity index (χ2n) is 6.77. The highest BCUT2D eigenvalue weighted by atomic mass is 19.1. The van der Waals surface area contributed by atoms with Gasteiger partial charge in [0.05, 0.1) is 6.54 Å². The number of nitrogens with zero attached hydrogens (tertiary/aromatic N) is 2. The summed E-state index contributed by atoms with van der Waals surface area (Å²) in [7, 11) is 0. The monoisotopic (exact) mass is 391 g/mol. The first-order valence-electron chi connectivity index (χ1n) is 9.07. The summed E-state index contributed by atoms with van der Waals surface area (Å²) in [5.74, 6) is -1.15. The zero-order valence-corrected chi connectivity index (χ0v) is 15.2. The lowest BCUT2D eigenvalue weighted by Gasteiger charge is -2.34. The smallest absolute Gasteiger partial charge is 0.322 e. The molecule has 2 aliphatic heterocycles. The van der Waals surface area contributed by atoms with Crippen LogP contribution in [-0.2, 0) is 14.4 Å². The fraction of sp³-hybridized carbons (Fsp3) is 0.444. The van der Waals surface area contributed by atoms with Crippen LogP contribution < -0.4 is 16.0 Å². The molecule has 0 spiro atoms. The van der Waals surface area contributed by atoms with Crippen molar-refractivity contribution in [2.24, 2.45) is 0 Å². The van der Waals surface area contributed by atoms with Gasteiger partial charge in [0.25, 0.3) is 5.91 Å². The molecular formula is C18H22FN5O4. The third-order valence-electron chi connectivity index (χ3n) is 4.71. The first-order chi connectivity index (χ1) is 13.4. The molecule has 2 saturated heterocycles. The highest BCUT2D eigenvalue weighted by molar-refractivity contribution is 6.04. The van der Waals surface area contributed by atoms with Crippen LogP contribution in [0.15, 0.2) is 24.3 Å². The summed E-state index contributed by atoms with van der Waals surface area (Å²) in [6.07, 6.45) is 0.422. The van der Waals surface area contributed by atoms with Gasteiger partial charge in [0.2, 0.25) is 11.8 Å². The number of nitrogens with one attached hydrogen (secondary N) is 3. The SMILES string of the molecule is O=C(CN1CCN(C(=O)CC[C@@H]2NC(=O)NC2=O)CC1)Nc1cccc(F)c1. The summed E-state index contributed by atoms with van der Waals surface area (Å²) < 4.78 is 13.2. The van der Waals surface area contributed by atoms with Crippen LogP contribution in [0.3, 0.4) is 0 Å². The molecule has 0 unspecified atom stereocenters. The summed E-state index contributed by atoms with van der Waals surface area (Å²) in [6.45, 7) is 2.21. The first-order valence-corrected chi connectivity index (χ1v) is 9.07. The highest BCUT2D eigenvalue weighted by Crippen LogP contribution is 2.11. The van der Waals surface area contributed by atoms with Crippen LogP contribution >= 0.6 is 0 Å². The van der Waals surface area contributed by atoms with Gasteiger partial charge in [-0.25, -0.2) is 9.18 Å². The van der Waals surface area contributed by atoms with Gasteiger partial charge >= 0.3 is 6.03 Å². The fourth-order valence-electron chi connectivity index (χ4n) is 3.21. The van der Waals surface area contributed by atoms with Crippen molar-refractivity contribution in [3.63, 3.8) is 0 Å². The highest BCUT2D eigenvalue weighted by Gasteiger charge is 2.30. The van der Waals surface area contributed by atoms with Gasteiger partial charge in [-0.1, -0.05) is 6.07 Å². The second kappa shape index (κ2) is 8.79. The van der Waals surface area contributed by atoms with Gasteiger partial charge in [-0.2, -0.15) is 0 Å². The number of hydrogen-bond acceptors (Lipinski definition) is 5. The first kappa shape index (κ1) is 19.7. The van der Waals surface area contributed by atoms with E-state index in [-0.39, 0.29) is 31.2 Å². The Morgan fingerprint density at radius 2 is 1.93 bits per heavy atom. The molecule has 150 valence electrons. The standard InChI is InChI=1S/C18H22FN5O4/c19-12-2-1-3-13(10-12)20-15(25)11-23-6-8-24(9-7-23)16(26)5-4-14-17(27)22-18(28)21-14/h1-3,10,14H,4-9,11H2,(H,20,25)(H2,21,22,27,28)/t14-/m0/s1. The van der Waals surface area contributed by atoms with Crippen molar-refractivity contribution in [3.05, 3.63) is 30.1 Å². The van der Waals surface area contributed by atoms with E-state index in [4.69, 9.17) is 0 Å². The molecule has 2 aliphatic rings. The van der Waals surface area contributed by atoms with Gasteiger partial charge in [0.15, 0.2) is 0 Å². The maximum Gasteiger partial charge on any atom is 0.322 e. The molecule has 0 radical (unpaired) electrons. The Morgan fingerprint density at radius 3 is 2.57 bits per heavy atom. The lowest BCUT2D eigenvalue weighted by atomic mass is 10.1. The number of benzene rings is 1. The lowest BCUT2D eigenvalue weighted by molar-refractivity contribution is -0.133. The maximum absolute atomic E-state index is 13.2. The van der Waals surface area contributed by atoms with Crippen molar-refractivity contribution >= 4 is 29.4 Å². The number of piperazine rings is 1. The van der Waals surface area contributed by atoms with Crippen molar-refractivity contribution in [2.45, 2.75) is 18.9 Å². The van der Waals surface area contributed by atoms with Crippen molar-refractivity contribution in [3.8, 4) is 0 Å². The van der Waals surface area contributed by atoms with E-state index in [1.165, 1.54) is 18.2 Å². The van der Waals surface area contributed by atoms with Crippen molar-refractivity contribution in [1.82, 2.24) is 20.4 Å². The van der Waals surface area contributed by atoms with Gasteiger partial charge in [-0.05, 0) is 24.6 Å². The Kier molecular flexibility index (Phi) is 6.19. The zero-order valence-electron chi connectivity index (χ0n) is 15.2. The summed E-state index contributed by atoms with van der Waals surface area (Å²) in [5, 5.41) is 7.25. The van der Waals surface area contributed by atoms with Crippen molar-refractivity contribution in [2.75, 3.05) is 38.0 Å². The molecule has 3 rings (SSSR count). The Morgan fingerprint density at radius 1 is 1.18 bits per heavy atom. The predicted octanol–water partition coefficient (Wildman–Crippen LogP) is -0.103. The normalized spacial score (nSPS) is 19.9. The molecule has 0 bridgehead atoms. The number of urea groups is 1. The molecule has 0 saturated carbocycles. The van der Waals surface area contributed by atoms with Crippen LogP contribution in [0.5, 0.6) is 0 Å². The fourth-order valence-corrected chi connectivity index (χ4v) is 3.21. The van der Waals surface area contributed by atoms with E-state index in [1.54, 1.807) is 11.0 Å². The molecule has 1 aromatic carbocycles. The van der Waals surface area contributed by atoms with Gasteiger partial charge in [-0.3, -0.25) is 24.6 Å². The number of imide groups is 1. The van der Waals surface area contributed by atoms with Crippen LogP contribution in [0.25, 0.3) is 0 Å². The minimum Gasteiger partial charge on any atom is -0.340 e. The van der Waals surface area contributed by atoms with E-state index in [0.717, 1.165) is 0 Å². The number of rotatable bonds is 6. The number of hydrogen-bond donors (Lipinski definition) is 3. The quantitative estimate of drug-likeness (QED) is 0.587. The van der Waals surface area contributed by atoms with E-state index >= 15 is 0 Å². The van der Waals surface area contributed by atoms with Gasteiger partial charge in [0.1, 0.15) is 11.9 Å². The number of carbonyl (C=O) groups excluding carboxylic acids is 4. The van der Waals surface area contributed by atoms with E-state index in [9.17, 15) is 23.6 Å². The molecule has 28 heavy (non-hydrogen) atoms. The number of halogens is 1. The number of anilines is 1. The zero-order chi connectivity index (χ0) is 20.1. The Labute approximate surface area is 161 Å². The Hall–Kier alpha value is -3.01. The van der Waals surface area contributed by atoms with E-state index in [1.807, 2.05) is 4.90 Å².